The van der Waals surface area contributed by atoms with Crippen molar-refractivity contribution in [2.24, 2.45) is 0 Å². The van der Waals surface area contributed by atoms with Crippen LogP contribution < -0.4 is 0 Å². The Kier molecular flexibility index (Phi) is 4.77. The minimum atomic E-state index is -0.879. The van der Waals surface area contributed by atoms with Crippen LogP contribution in [-0.2, 0) is 4.79 Å². The molecule has 0 aliphatic carbocycles. The summed E-state index contributed by atoms with van der Waals surface area (Å²) in [7, 11) is 0. The van der Waals surface area contributed by atoms with E-state index in [2.05, 4.69) is 4.90 Å². The lowest BCUT2D eigenvalue weighted by Crippen LogP contribution is -2.35. The molecule has 0 saturated carbocycles. The molecule has 1 aliphatic heterocycles. The number of likely N-dealkylation sites (tertiary alicyclic amines) is 1. The maximum absolute atomic E-state index is 13.4. The Hall–Kier alpha value is -1.13. The fourth-order valence-electron chi connectivity index (χ4n) is 2.62. The maximum Gasteiger partial charge on any atom is 0.305 e. The van der Waals surface area contributed by atoms with E-state index in [0.29, 0.717) is 10.6 Å². The molecule has 1 aliphatic rings. The first-order chi connectivity index (χ1) is 9.06. The quantitative estimate of drug-likeness (QED) is 0.921. The average Bonchev–Trinajstić information content (AvgIpc) is 2.35. The van der Waals surface area contributed by atoms with Gasteiger partial charge in [0, 0.05) is 11.1 Å². The van der Waals surface area contributed by atoms with Crippen LogP contribution in [0.1, 0.15) is 37.3 Å². The molecular weight excluding hydrogens is 269 g/mol. The van der Waals surface area contributed by atoms with Gasteiger partial charge in [-0.25, -0.2) is 4.39 Å². The van der Waals surface area contributed by atoms with Crippen LogP contribution in [-0.4, -0.2) is 29.1 Å². The van der Waals surface area contributed by atoms with Crippen LogP contribution in [0.15, 0.2) is 18.2 Å². The van der Waals surface area contributed by atoms with Gasteiger partial charge in [-0.05, 0) is 49.7 Å². The number of rotatable bonds is 4. The molecule has 3 nitrogen and oxygen atoms in total. The highest BCUT2D eigenvalue weighted by Crippen LogP contribution is 2.29. The summed E-state index contributed by atoms with van der Waals surface area (Å²) in [5.74, 6) is -1.30. The minimum Gasteiger partial charge on any atom is -0.481 e. The van der Waals surface area contributed by atoms with E-state index in [9.17, 15) is 9.18 Å². The molecule has 1 unspecified atom stereocenters. The van der Waals surface area contributed by atoms with E-state index in [-0.39, 0.29) is 12.5 Å². The number of carboxylic acids is 1. The molecule has 0 aromatic heterocycles. The van der Waals surface area contributed by atoms with Gasteiger partial charge in [0.2, 0.25) is 0 Å². The molecular formula is C14H17ClFNO2. The highest BCUT2D eigenvalue weighted by atomic mass is 35.5. The fraction of sp³-hybridized carbons (Fsp3) is 0.500. The number of hydrogen-bond donors (Lipinski definition) is 1. The number of hydrogen-bond acceptors (Lipinski definition) is 2. The molecule has 1 aromatic rings. The van der Waals surface area contributed by atoms with Crippen molar-refractivity contribution in [3.63, 3.8) is 0 Å². The fourth-order valence-corrected chi connectivity index (χ4v) is 2.85. The molecule has 1 heterocycles. The van der Waals surface area contributed by atoms with E-state index in [4.69, 9.17) is 16.7 Å². The van der Waals surface area contributed by atoms with Crippen LogP contribution in [0.2, 0.25) is 5.02 Å². The van der Waals surface area contributed by atoms with E-state index in [1.165, 1.54) is 18.6 Å². The number of carboxylic acid groups (broad SMARTS) is 1. The second-order valence-corrected chi connectivity index (χ2v) is 5.35. The summed E-state index contributed by atoms with van der Waals surface area (Å²) in [5.41, 5.74) is 0.648. The first-order valence-electron chi connectivity index (χ1n) is 6.48. The second-order valence-electron chi connectivity index (χ2n) is 4.91. The van der Waals surface area contributed by atoms with Gasteiger partial charge in [0.1, 0.15) is 5.82 Å². The predicted octanol–water partition coefficient (Wildman–Crippen LogP) is 3.48. The summed E-state index contributed by atoms with van der Waals surface area (Å²) in [6.07, 6.45) is 3.25. The minimum absolute atomic E-state index is 0.0280. The third-order valence-electron chi connectivity index (χ3n) is 3.47. The zero-order chi connectivity index (χ0) is 13.8. The van der Waals surface area contributed by atoms with Crippen molar-refractivity contribution in [2.75, 3.05) is 13.1 Å². The molecule has 5 heteroatoms. The zero-order valence-electron chi connectivity index (χ0n) is 10.6. The molecule has 19 heavy (non-hydrogen) atoms. The Morgan fingerprint density at radius 2 is 2.00 bits per heavy atom. The number of nitrogens with zero attached hydrogens (tertiary/aromatic N) is 1. The van der Waals surface area contributed by atoms with Gasteiger partial charge in [0.05, 0.1) is 6.42 Å². The van der Waals surface area contributed by atoms with Crippen molar-refractivity contribution in [1.29, 1.82) is 0 Å². The third-order valence-corrected chi connectivity index (χ3v) is 3.69. The summed E-state index contributed by atoms with van der Waals surface area (Å²) < 4.78 is 13.4. The summed E-state index contributed by atoms with van der Waals surface area (Å²) in [6, 6.07) is 3.98. The molecule has 0 bridgehead atoms. The van der Waals surface area contributed by atoms with Gasteiger partial charge in [0.15, 0.2) is 0 Å². The Balaban J connectivity index is 2.27. The molecule has 0 amide bonds. The van der Waals surface area contributed by atoms with Crippen molar-refractivity contribution in [3.8, 4) is 0 Å². The van der Waals surface area contributed by atoms with Crippen LogP contribution in [0.25, 0.3) is 0 Å². The lowest BCUT2D eigenvalue weighted by Gasteiger charge is -2.34. The summed E-state index contributed by atoms with van der Waals surface area (Å²) >= 11 is 5.86. The van der Waals surface area contributed by atoms with Gasteiger partial charge < -0.3 is 5.11 Å². The lowest BCUT2D eigenvalue weighted by atomic mass is 9.99. The first-order valence-corrected chi connectivity index (χ1v) is 6.86. The number of benzene rings is 1. The Morgan fingerprint density at radius 1 is 1.32 bits per heavy atom. The van der Waals surface area contributed by atoms with Crippen molar-refractivity contribution in [1.82, 2.24) is 4.90 Å². The van der Waals surface area contributed by atoms with Crippen molar-refractivity contribution in [3.05, 3.63) is 34.6 Å². The van der Waals surface area contributed by atoms with Gasteiger partial charge in [-0.1, -0.05) is 18.0 Å². The average molecular weight is 286 g/mol. The third kappa shape index (κ3) is 3.91. The van der Waals surface area contributed by atoms with Crippen molar-refractivity contribution >= 4 is 17.6 Å². The van der Waals surface area contributed by atoms with Crippen molar-refractivity contribution in [2.45, 2.75) is 31.7 Å². The summed E-state index contributed by atoms with van der Waals surface area (Å²) in [5, 5.41) is 9.37. The molecule has 2 rings (SSSR count). The monoisotopic (exact) mass is 285 g/mol. The van der Waals surface area contributed by atoms with E-state index in [0.717, 1.165) is 25.9 Å². The molecule has 1 aromatic carbocycles. The van der Waals surface area contributed by atoms with E-state index < -0.39 is 11.8 Å². The molecule has 104 valence electrons. The SMILES string of the molecule is O=C(O)CC(c1cc(F)cc(Cl)c1)N1CCCCC1. The summed E-state index contributed by atoms with van der Waals surface area (Å²) in [4.78, 5) is 13.2. The predicted molar refractivity (Wildman–Crippen MR) is 71.8 cm³/mol. The van der Waals surface area contributed by atoms with Crippen LogP contribution >= 0.6 is 11.6 Å². The molecule has 1 N–H and O–H groups in total. The van der Waals surface area contributed by atoms with Gasteiger partial charge in [-0.2, -0.15) is 0 Å². The zero-order valence-corrected chi connectivity index (χ0v) is 11.4. The van der Waals surface area contributed by atoms with Gasteiger partial charge in [-0.15, -0.1) is 0 Å². The Bertz CT molecular complexity index is 441. The van der Waals surface area contributed by atoms with Gasteiger partial charge >= 0.3 is 5.97 Å². The van der Waals surface area contributed by atoms with Crippen molar-refractivity contribution < 1.29 is 14.3 Å². The van der Waals surface area contributed by atoms with Crippen LogP contribution in [0, 0.1) is 5.82 Å². The molecule has 0 spiro atoms. The van der Waals surface area contributed by atoms with E-state index >= 15 is 0 Å². The number of piperidine rings is 1. The van der Waals surface area contributed by atoms with Gasteiger partial charge in [0.25, 0.3) is 0 Å². The number of halogens is 2. The smallest absolute Gasteiger partial charge is 0.305 e. The van der Waals surface area contributed by atoms with Crippen LogP contribution in [0.4, 0.5) is 4.39 Å². The topological polar surface area (TPSA) is 40.5 Å². The largest absolute Gasteiger partial charge is 0.481 e. The molecule has 0 radical (unpaired) electrons. The standard InChI is InChI=1S/C14H17ClFNO2/c15-11-6-10(7-12(16)8-11)13(9-14(18)19)17-4-2-1-3-5-17/h6-8,13H,1-5,9H2,(H,18,19). The Morgan fingerprint density at radius 3 is 2.58 bits per heavy atom. The first kappa shape index (κ1) is 14.3. The normalized spacial score (nSPS) is 18.2. The Labute approximate surface area is 117 Å². The highest BCUT2D eigenvalue weighted by Gasteiger charge is 2.25. The van der Waals surface area contributed by atoms with E-state index in [1.54, 1.807) is 6.07 Å². The van der Waals surface area contributed by atoms with Crippen LogP contribution in [0.5, 0.6) is 0 Å². The molecule has 1 fully saturated rings. The van der Waals surface area contributed by atoms with E-state index in [1.807, 2.05) is 0 Å². The molecule has 1 saturated heterocycles. The number of aliphatic carboxylic acids is 1. The number of carbonyl (C=O) groups is 1. The molecule has 1 atom stereocenters. The maximum atomic E-state index is 13.4. The summed E-state index contributed by atoms with van der Waals surface area (Å²) in [6.45, 7) is 1.71. The van der Waals surface area contributed by atoms with Crippen LogP contribution in [0.3, 0.4) is 0 Å². The van der Waals surface area contributed by atoms with Gasteiger partial charge in [-0.3, -0.25) is 9.69 Å². The highest BCUT2D eigenvalue weighted by molar-refractivity contribution is 6.30. The lowest BCUT2D eigenvalue weighted by molar-refractivity contribution is -0.138. The second kappa shape index (κ2) is 6.35.